The van der Waals surface area contributed by atoms with E-state index >= 15 is 0 Å². The zero-order chi connectivity index (χ0) is 13.4. The molecule has 0 aromatic heterocycles. The summed E-state index contributed by atoms with van der Waals surface area (Å²) in [6.45, 7) is 8.82. The van der Waals surface area contributed by atoms with Crippen LogP contribution < -0.4 is 0 Å². The second-order valence-corrected chi connectivity index (χ2v) is 6.36. The lowest BCUT2D eigenvalue weighted by atomic mass is 10.1. The highest BCUT2D eigenvalue weighted by atomic mass is 28.2. The van der Waals surface area contributed by atoms with Crippen molar-refractivity contribution in [1.29, 1.82) is 0 Å². The Labute approximate surface area is 113 Å². The summed E-state index contributed by atoms with van der Waals surface area (Å²) in [6, 6.07) is 8.33. The first-order valence-corrected chi connectivity index (χ1v) is 7.92. The minimum absolute atomic E-state index is 0.307. The van der Waals surface area contributed by atoms with Crippen LogP contribution in [0, 0.1) is 0 Å². The fourth-order valence-electron chi connectivity index (χ4n) is 1.92. The number of hydrogen-bond donors (Lipinski definition) is 0. The molecule has 0 aliphatic heterocycles. The Morgan fingerprint density at radius 3 is 2.83 bits per heavy atom. The Bertz CT molecular complexity index is 365. The molecule has 0 aliphatic rings. The van der Waals surface area contributed by atoms with E-state index in [1.54, 1.807) is 7.11 Å². The van der Waals surface area contributed by atoms with Crippen LogP contribution in [0.4, 0.5) is 0 Å². The highest BCUT2D eigenvalue weighted by molar-refractivity contribution is 6.29. The van der Waals surface area contributed by atoms with Crippen molar-refractivity contribution in [1.82, 2.24) is 0 Å². The van der Waals surface area contributed by atoms with E-state index in [9.17, 15) is 0 Å². The number of benzene rings is 1. The first kappa shape index (κ1) is 15.2. The molecule has 0 saturated carbocycles. The minimum Gasteiger partial charge on any atom is -0.419 e. The Kier molecular flexibility index (Phi) is 6.94. The summed E-state index contributed by atoms with van der Waals surface area (Å²) in [5, 5.41) is 0. The van der Waals surface area contributed by atoms with E-state index in [0.29, 0.717) is 18.3 Å². The maximum atomic E-state index is 5.92. The minimum atomic E-state index is -0.546. The van der Waals surface area contributed by atoms with Gasteiger partial charge >= 0.3 is 0 Å². The smallest absolute Gasteiger partial charge is 0.167 e. The molecule has 18 heavy (non-hydrogen) atoms. The molecule has 0 fully saturated rings. The second-order valence-electron chi connectivity index (χ2n) is 4.57. The van der Waals surface area contributed by atoms with E-state index in [1.807, 2.05) is 12.1 Å². The van der Waals surface area contributed by atoms with Crippen molar-refractivity contribution in [2.45, 2.75) is 38.5 Å². The molecule has 2 atom stereocenters. The van der Waals surface area contributed by atoms with Crippen molar-refractivity contribution in [3.8, 4) is 0 Å². The van der Waals surface area contributed by atoms with E-state index in [4.69, 9.17) is 9.16 Å². The zero-order valence-corrected chi connectivity index (χ0v) is 13.1. The highest BCUT2D eigenvalue weighted by Crippen LogP contribution is 2.17. The van der Waals surface area contributed by atoms with Crippen molar-refractivity contribution >= 4 is 15.8 Å². The Morgan fingerprint density at radius 2 is 2.22 bits per heavy atom. The van der Waals surface area contributed by atoms with Crippen LogP contribution in [0.3, 0.4) is 0 Å². The van der Waals surface area contributed by atoms with Gasteiger partial charge in [0.15, 0.2) is 9.76 Å². The van der Waals surface area contributed by atoms with Crippen molar-refractivity contribution < 1.29 is 9.16 Å². The van der Waals surface area contributed by atoms with Crippen molar-refractivity contribution in [2.24, 2.45) is 0 Å². The average molecular weight is 264 g/mol. The molecule has 100 valence electrons. The lowest BCUT2D eigenvalue weighted by molar-refractivity contribution is 0.105. The summed E-state index contributed by atoms with van der Waals surface area (Å²) in [5.74, 6) is 0. The summed E-state index contributed by atoms with van der Waals surface area (Å²) in [4.78, 5) is 0. The largest absolute Gasteiger partial charge is 0.419 e. The molecule has 1 aromatic carbocycles. The number of ether oxygens (including phenoxy) is 1. The van der Waals surface area contributed by atoms with E-state index < -0.39 is 9.76 Å². The van der Waals surface area contributed by atoms with Crippen LogP contribution in [0.2, 0.25) is 5.54 Å². The van der Waals surface area contributed by atoms with Crippen LogP contribution in [0.15, 0.2) is 30.8 Å². The SMILES string of the molecule is C=Cc1cccc(CO[SiH2]C(CC)C(C)OC)c1. The van der Waals surface area contributed by atoms with Gasteiger partial charge in [-0.05, 0) is 29.7 Å². The van der Waals surface area contributed by atoms with Gasteiger partial charge in [0.25, 0.3) is 0 Å². The van der Waals surface area contributed by atoms with Crippen molar-refractivity contribution in [3.05, 3.63) is 42.0 Å². The monoisotopic (exact) mass is 264 g/mol. The standard InChI is InChI=1S/C15H24O2Si/c1-5-13-8-7-9-14(10-13)11-17-18-15(6-2)12(3)16-4/h5,7-10,12,15H,1,6,11,18H2,2-4H3. The lowest BCUT2D eigenvalue weighted by Crippen LogP contribution is -2.21. The molecule has 2 nitrogen and oxygen atoms in total. The first-order valence-electron chi connectivity index (χ1n) is 6.53. The molecular formula is C15H24O2Si. The molecule has 0 N–H and O–H groups in total. The zero-order valence-electron chi connectivity index (χ0n) is 11.7. The molecular weight excluding hydrogens is 240 g/mol. The van der Waals surface area contributed by atoms with E-state index in [-0.39, 0.29) is 0 Å². The maximum Gasteiger partial charge on any atom is 0.167 e. The van der Waals surface area contributed by atoms with Gasteiger partial charge in [-0.15, -0.1) is 0 Å². The Balaban J connectivity index is 2.42. The molecule has 0 bridgehead atoms. The van der Waals surface area contributed by atoms with Gasteiger partial charge in [0.05, 0.1) is 12.7 Å². The summed E-state index contributed by atoms with van der Waals surface area (Å²) < 4.78 is 11.3. The van der Waals surface area contributed by atoms with Gasteiger partial charge in [-0.3, -0.25) is 0 Å². The predicted molar refractivity (Wildman–Crippen MR) is 80.4 cm³/mol. The highest BCUT2D eigenvalue weighted by Gasteiger charge is 2.15. The third kappa shape index (κ3) is 4.76. The van der Waals surface area contributed by atoms with Crippen LogP contribution in [0.5, 0.6) is 0 Å². The molecule has 0 radical (unpaired) electrons. The molecule has 0 aliphatic carbocycles. The molecule has 0 saturated heterocycles. The van der Waals surface area contributed by atoms with Gasteiger partial charge in [-0.2, -0.15) is 0 Å². The van der Waals surface area contributed by atoms with Crippen molar-refractivity contribution in [2.75, 3.05) is 7.11 Å². The summed E-state index contributed by atoms with van der Waals surface area (Å²) in [7, 11) is 1.23. The van der Waals surface area contributed by atoms with Crippen molar-refractivity contribution in [3.63, 3.8) is 0 Å². The molecule has 3 heteroatoms. The van der Waals surface area contributed by atoms with Gasteiger partial charge in [0.1, 0.15) is 0 Å². The van der Waals surface area contributed by atoms with Crippen LogP contribution in [-0.4, -0.2) is 23.0 Å². The summed E-state index contributed by atoms with van der Waals surface area (Å²) in [5.41, 5.74) is 2.97. The van der Waals surface area contributed by atoms with Crippen LogP contribution in [-0.2, 0) is 15.8 Å². The van der Waals surface area contributed by atoms with Gasteiger partial charge < -0.3 is 9.16 Å². The molecule has 1 rings (SSSR count). The Hall–Kier alpha value is -0.903. The molecule has 1 aromatic rings. The maximum absolute atomic E-state index is 5.92. The molecule has 0 amide bonds. The van der Waals surface area contributed by atoms with Gasteiger partial charge in [-0.1, -0.05) is 44.2 Å². The topological polar surface area (TPSA) is 18.5 Å². The number of methoxy groups -OCH3 is 1. The molecule has 2 unspecified atom stereocenters. The average Bonchev–Trinajstić information content (AvgIpc) is 2.43. The van der Waals surface area contributed by atoms with E-state index in [2.05, 4.69) is 38.6 Å². The quantitative estimate of drug-likeness (QED) is 0.672. The predicted octanol–water partition coefficient (Wildman–Crippen LogP) is 3.16. The van der Waals surface area contributed by atoms with E-state index in [0.717, 1.165) is 12.0 Å². The fraction of sp³-hybridized carbons (Fsp3) is 0.467. The van der Waals surface area contributed by atoms with Crippen LogP contribution in [0.1, 0.15) is 31.4 Å². The third-order valence-electron chi connectivity index (χ3n) is 3.35. The van der Waals surface area contributed by atoms with Gasteiger partial charge in [0.2, 0.25) is 0 Å². The molecule has 0 spiro atoms. The fourth-order valence-corrected chi connectivity index (χ4v) is 3.27. The summed E-state index contributed by atoms with van der Waals surface area (Å²) in [6.07, 6.45) is 3.30. The van der Waals surface area contributed by atoms with Crippen LogP contribution in [0.25, 0.3) is 6.08 Å². The lowest BCUT2D eigenvalue weighted by Gasteiger charge is -2.20. The second kappa shape index (κ2) is 8.24. The van der Waals surface area contributed by atoms with Gasteiger partial charge in [0, 0.05) is 7.11 Å². The van der Waals surface area contributed by atoms with Gasteiger partial charge in [-0.25, -0.2) is 0 Å². The first-order chi connectivity index (χ1) is 8.71. The molecule has 0 heterocycles. The van der Waals surface area contributed by atoms with Crippen LogP contribution >= 0.6 is 0 Å². The number of hydrogen-bond acceptors (Lipinski definition) is 2. The normalized spacial score (nSPS) is 14.8. The Morgan fingerprint density at radius 1 is 1.44 bits per heavy atom. The third-order valence-corrected chi connectivity index (χ3v) is 5.46. The summed E-state index contributed by atoms with van der Waals surface area (Å²) >= 11 is 0. The number of rotatable bonds is 8. The van der Waals surface area contributed by atoms with E-state index in [1.165, 1.54) is 5.56 Å².